The molecule has 6 atom stereocenters. The number of ether oxygens (including phenoxy) is 2. The summed E-state index contributed by atoms with van der Waals surface area (Å²) in [5.74, 6) is -2.67. The van der Waals surface area contributed by atoms with E-state index in [0.717, 1.165) is 16.8 Å². The number of aryl methyl sites for hydroxylation is 2. The zero-order valence-electron chi connectivity index (χ0n) is 23.7. The fourth-order valence-electron chi connectivity index (χ4n) is 6.94. The number of unbranched alkanes of at least 4 members (excludes halogenated alkanes) is 1. The molecule has 1 spiro atoms. The van der Waals surface area contributed by atoms with Crippen LogP contribution in [0.3, 0.4) is 0 Å². The van der Waals surface area contributed by atoms with Crippen molar-refractivity contribution in [2.45, 2.75) is 70.6 Å². The molecule has 212 valence electrons. The van der Waals surface area contributed by atoms with Gasteiger partial charge in [-0.05, 0) is 69.6 Å². The van der Waals surface area contributed by atoms with Gasteiger partial charge < -0.3 is 24.4 Å². The summed E-state index contributed by atoms with van der Waals surface area (Å²) in [4.78, 5) is 45.6. The molecule has 8 nitrogen and oxygen atoms in total. The predicted octanol–water partition coefficient (Wildman–Crippen LogP) is 3.72. The molecule has 0 radical (unpaired) electrons. The van der Waals surface area contributed by atoms with Crippen molar-refractivity contribution < 1.29 is 29.0 Å². The zero-order chi connectivity index (χ0) is 28.5. The van der Waals surface area contributed by atoms with Gasteiger partial charge in [-0.3, -0.25) is 14.4 Å². The highest BCUT2D eigenvalue weighted by atomic mass is 16.6. The third-order valence-corrected chi connectivity index (χ3v) is 8.91. The average Bonchev–Trinajstić information content (AvgIpc) is 3.41. The van der Waals surface area contributed by atoms with Gasteiger partial charge in [-0.15, -0.1) is 13.2 Å². The summed E-state index contributed by atoms with van der Waals surface area (Å²) in [6, 6.07) is 5.03. The van der Waals surface area contributed by atoms with Gasteiger partial charge in [-0.1, -0.05) is 31.2 Å². The molecule has 2 bridgehead atoms. The molecule has 3 aliphatic heterocycles. The van der Waals surface area contributed by atoms with E-state index in [9.17, 15) is 19.5 Å². The van der Waals surface area contributed by atoms with Crippen LogP contribution in [0.15, 0.2) is 43.5 Å². The molecule has 3 heterocycles. The van der Waals surface area contributed by atoms with E-state index in [-0.39, 0.29) is 44.0 Å². The Morgan fingerprint density at radius 3 is 2.67 bits per heavy atom. The second-order valence-electron chi connectivity index (χ2n) is 11.4. The summed E-state index contributed by atoms with van der Waals surface area (Å²) in [5, 5.41) is 9.41. The van der Waals surface area contributed by atoms with Gasteiger partial charge in [0.05, 0.1) is 18.1 Å². The van der Waals surface area contributed by atoms with Gasteiger partial charge in [0, 0.05) is 25.4 Å². The van der Waals surface area contributed by atoms with Gasteiger partial charge in [0.25, 0.3) is 5.91 Å². The second kappa shape index (κ2) is 11.3. The quantitative estimate of drug-likeness (QED) is 0.248. The fraction of sp³-hybridized carbons (Fsp3) is 0.581. The molecule has 2 amide bonds. The van der Waals surface area contributed by atoms with E-state index < -0.39 is 35.0 Å². The van der Waals surface area contributed by atoms with Crippen molar-refractivity contribution in [3.63, 3.8) is 0 Å². The number of esters is 1. The lowest BCUT2D eigenvalue weighted by molar-refractivity contribution is -0.161. The molecule has 39 heavy (non-hydrogen) atoms. The zero-order valence-corrected chi connectivity index (χ0v) is 23.7. The SMILES string of the molecule is C=CCCOC(=O)[C@H]1[C@H]2C(=O)N(CCCCO)C(C(=O)N(CC=C)c3cc(C)ccc3C)C23CC(C)[C@]1(C)O3. The maximum absolute atomic E-state index is 14.6. The lowest BCUT2D eigenvalue weighted by Crippen LogP contribution is -2.57. The lowest BCUT2D eigenvalue weighted by Gasteiger charge is -2.37. The van der Waals surface area contributed by atoms with Crippen molar-refractivity contribution in [2.75, 3.05) is 31.2 Å². The molecule has 1 aromatic rings. The number of carbonyl (C=O) groups is 3. The Balaban J connectivity index is 1.80. The summed E-state index contributed by atoms with van der Waals surface area (Å²) >= 11 is 0. The minimum absolute atomic E-state index is 0.00977. The number of nitrogens with zero attached hydrogens (tertiary/aromatic N) is 2. The molecule has 0 aromatic heterocycles. The smallest absolute Gasteiger partial charge is 0.312 e. The van der Waals surface area contributed by atoms with Crippen LogP contribution in [0.5, 0.6) is 0 Å². The molecule has 1 aromatic carbocycles. The molecule has 3 saturated heterocycles. The van der Waals surface area contributed by atoms with E-state index in [1.807, 2.05) is 45.9 Å². The third-order valence-electron chi connectivity index (χ3n) is 8.91. The monoisotopic (exact) mass is 538 g/mol. The minimum atomic E-state index is -1.15. The summed E-state index contributed by atoms with van der Waals surface area (Å²) in [6.07, 6.45) is 5.38. The van der Waals surface area contributed by atoms with Crippen molar-refractivity contribution in [1.29, 1.82) is 0 Å². The first kappa shape index (κ1) is 29.0. The Morgan fingerprint density at radius 2 is 2.00 bits per heavy atom. The van der Waals surface area contributed by atoms with Crippen molar-refractivity contribution >= 4 is 23.5 Å². The standard InChI is InChI=1S/C31H42N2O6/c1-7-9-17-38-29(37)25-24-27(35)33(15-10-11-16-34)26(31(24)19-22(5)30(25,6)39-31)28(36)32(14-8-2)23-18-20(3)12-13-21(23)4/h7-8,12-13,18,22,24-26,34H,1-2,9-11,14-17,19H2,3-6H3/t22?,24-,25+,26?,30-,31?/m0/s1. The molecular formula is C31H42N2O6. The number of hydrogen-bond donors (Lipinski definition) is 1. The van der Waals surface area contributed by atoms with Gasteiger partial charge in [-0.25, -0.2) is 0 Å². The first-order valence-electron chi connectivity index (χ1n) is 14.0. The van der Waals surface area contributed by atoms with Gasteiger partial charge in [0.15, 0.2) is 0 Å². The number of carbonyl (C=O) groups excluding carboxylic acids is 3. The highest BCUT2D eigenvalue weighted by Gasteiger charge is 2.80. The lowest BCUT2D eigenvalue weighted by atomic mass is 9.62. The first-order chi connectivity index (χ1) is 18.6. The summed E-state index contributed by atoms with van der Waals surface area (Å²) in [5.41, 5.74) is 0.624. The highest BCUT2D eigenvalue weighted by Crippen LogP contribution is 2.65. The second-order valence-corrected chi connectivity index (χ2v) is 11.4. The normalized spacial score (nSPS) is 30.8. The average molecular weight is 539 g/mol. The van der Waals surface area contributed by atoms with Crippen LogP contribution in [0.1, 0.15) is 50.7 Å². The number of rotatable bonds is 12. The van der Waals surface area contributed by atoms with Crippen molar-refractivity contribution in [1.82, 2.24) is 4.90 Å². The van der Waals surface area contributed by atoms with Crippen LogP contribution in [-0.4, -0.2) is 71.3 Å². The maximum Gasteiger partial charge on any atom is 0.312 e. The number of hydrogen-bond acceptors (Lipinski definition) is 6. The van der Waals surface area contributed by atoms with E-state index in [2.05, 4.69) is 13.2 Å². The summed E-state index contributed by atoms with van der Waals surface area (Å²) in [7, 11) is 0. The third kappa shape index (κ3) is 4.72. The Hall–Kier alpha value is -2.97. The molecule has 3 unspecified atom stereocenters. The van der Waals surface area contributed by atoms with Crippen LogP contribution in [0, 0.1) is 31.6 Å². The van der Waals surface area contributed by atoms with Crippen LogP contribution in [0.4, 0.5) is 5.69 Å². The Labute approximate surface area is 231 Å². The van der Waals surface area contributed by atoms with Crippen LogP contribution < -0.4 is 4.90 Å². The van der Waals surface area contributed by atoms with Crippen LogP contribution in [0.2, 0.25) is 0 Å². The van der Waals surface area contributed by atoms with Crippen LogP contribution in [0.25, 0.3) is 0 Å². The number of aliphatic hydroxyl groups is 1. The molecule has 0 aliphatic carbocycles. The van der Waals surface area contributed by atoms with Crippen molar-refractivity contribution in [2.24, 2.45) is 17.8 Å². The Kier molecular flexibility index (Phi) is 8.38. The van der Waals surface area contributed by atoms with Gasteiger partial charge in [0.2, 0.25) is 5.91 Å². The van der Waals surface area contributed by atoms with Crippen LogP contribution in [-0.2, 0) is 23.9 Å². The van der Waals surface area contributed by atoms with Gasteiger partial charge in [0.1, 0.15) is 17.6 Å². The first-order valence-corrected chi connectivity index (χ1v) is 14.0. The Morgan fingerprint density at radius 1 is 1.26 bits per heavy atom. The number of amides is 2. The molecule has 3 fully saturated rings. The van der Waals surface area contributed by atoms with Crippen molar-refractivity contribution in [3.05, 3.63) is 54.6 Å². The predicted molar refractivity (Wildman–Crippen MR) is 149 cm³/mol. The summed E-state index contributed by atoms with van der Waals surface area (Å²) < 4.78 is 12.4. The maximum atomic E-state index is 14.6. The van der Waals surface area contributed by atoms with E-state index >= 15 is 0 Å². The molecular weight excluding hydrogens is 496 g/mol. The fourth-order valence-corrected chi connectivity index (χ4v) is 6.94. The van der Waals surface area contributed by atoms with Gasteiger partial charge in [-0.2, -0.15) is 0 Å². The van der Waals surface area contributed by atoms with E-state index in [0.29, 0.717) is 25.7 Å². The minimum Gasteiger partial charge on any atom is -0.465 e. The highest BCUT2D eigenvalue weighted by molar-refractivity contribution is 6.05. The van der Waals surface area contributed by atoms with E-state index in [1.165, 1.54) is 0 Å². The van der Waals surface area contributed by atoms with Crippen molar-refractivity contribution in [3.8, 4) is 0 Å². The van der Waals surface area contributed by atoms with E-state index in [4.69, 9.17) is 9.47 Å². The molecule has 4 rings (SSSR count). The van der Waals surface area contributed by atoms with Gasteiger partial charge >= 0.3 is 5.97 Å². The van der Waals surface area contributed by atoms with Crippen LogP contribution >= 0.6 is 0 Å². The molecule has 0 saturated carbocycles. The molecule has 8 heteroatoms. The largest absolute Gasteiger partial charge is 0.465 e. The number of fused-ring (bicyclic) bond motifs is 1. The molecule has 1 N–H and O–H groups in total. The number of benzene rings is 1. The van der Waals surface area contributed by atoms with E-state index in [1.54, 1.807) is 22.0 Å². The topological polar surface area (TPSA) is 96.4 Å². The number of aliphatic hydroxyl groups excluding tert-OH is 1. The number of anilines is 1. The Bertz CT molecular complexity index is 1150. The number of likely N-dealkylation sites (tertiary alicyclic amines) is 1. The summed E-state index contributed by atoms with van der Waals surface area (Å²) in [6.45, 7) is 16.1. The molecule has 3 aliphatic rings.